The predicted molar refractivity (Wildman–Crippen MR) is 182 cm³/mol. The van der Waals surface area contributed by atoms with Gasteiger partial charge in [-0.15, -0.1) is 0 Å². The number of hydrogen-bond acceptors (Lipinski definition) is 2. The van der Waals surface area contributed by atoms with E-state index in [2.05, 4.69) is 158 Å². The second-order valence-electron chi connectivity index (χ2n) is 12.7. The summed E-state index contributed by atoms with van der Waals surface area (Å²) in [7, 11) is 0. The van der Waals surface area contributed by atoms with Gasteiger partial charge in [-0.3, -0.25) is 4.57 Å². The number of aromatic nitrogens is 3. The van der Waals surface area contributed by atoms with E-state index in [1.807, 2.05) is 0 Å². The molecule has 0 amide bonds. The van der Waals surface area contributed by atoms with E-state index in [1.165, 1.54) is 32.7 Å². The number of nitrogens with zero attached hydrogens (tertiary/aromatic N) is 3. The molecule has 210 valence electrons. The van der Waals surface area contributed by atoms with Gasteiger partial charge in [-0.05, 0) is 46.0 Å². The Morgan fingerprint density at radius 3 is 2.07 bits per heavy atom. The summed E-state index contributed by atoms with van der Waals surface area (Å²) in [5.41, 5.74) is 8.77. The molecule has 0 fully saturated rings. The van der Waals surface area contributed by atoms with Crippen molar-refractivity contribution in [3.8, 4) is 17.1 Å². The zero-order valence-corrected chi connectivity index (χ0v) is 24.8. The van der Waals surface area contributed by atoms with Crippen molar-refractivity contribution in [1.82, 2.24) is 14.5 Å². The Kier molecular flexibility index (Phi) is 5.37. The number of fused-ring (bicyclic) bond motifs is 7. The monoisotopic (exact) mass is 565 g/mol. The van der Waals surface area contributed by atoms with Crippen molar-refractivity contribution < 1.29 is 0 Å². The summed E-state index contributed by atoms with van der Waals surface area (Å²) in [5.74, 6) is 1.31. The first-order valence-electron chi connectivity index (χ1n) is 15.4. The van der Waals surface area contributed by atoms with Crippen molar-refractivity contribution in [3.05, 3.63) is 157 Å². The molecule has 3 nitrogen and oxygen atoms in total. The molecule has 0 N–H and O–H groups in total. The average Bonchev–Trinajstić information content (AvgIpc) is 3.51. The first kappa shape index (κ1) is 25.2. The molecule has 0 saturated carbocycles. The van der Waals surface area contributed by atoms with Gasteiger partial charge < -0.3 is 0 Å². The highest BCUT2D eigenvalue weighted by molar-refractivity contribution is 6.13. The molecule has 44 heavy (non-hydrogen) atoms. The molecule has 0 aliphatic heterocycles. The molecular weight excluding hydrogens is 534 g/mol. The summed E-state index contributed by atoms with van der Waals surface area (Å²) in [6.07, 6.45) is 7.11. The Labute approximate surface area is 256 Å². The zero-order valence-electron chi connectivity index (χ0n) is 24.8. The van der Waals surface area contributed by atoms with E-state index in [0.717, 1.165) is 39.5 Å². The second kappa shape index (κ2) is 9.36. The SMILES string of the molecule is CC1(C)c2nc(-c3ccccc3)c(-n3c4ccccc4c4cc5ccccc5cc43)nc2C2C=C(c3ccccc3)C=CC21. The number of hydrogen-bond donors (Lipinski definition) is 0. The largest absolute Gasteiger partial charge is 0.292 e. The van der Waals surface area contributed by atoms with E-state index in [0.29, 0.717) is 0 Å². The maximum Gasteiger partial charge on any atom is 0.164 e. The molecule has 2 aliphatic rings. The van der Waals surface area contributed by atoms with E-state index in [-0.39, 0.29) is 17.3 Å². The van der Waals surface area contributed by atoms with Gasteiger partial charge in [0, 0.05) is 27.7 Å². The van der Waals surface area contributed by atoms with Gasteiger partial charge in [0.05, 0.1) is 22.4 Å². The fourth-order valence-electron chi connectivity index (χ4n) is 7.57. The Hall–Kier alpha value is -5.28. The fraction of sp³-hybridized carbons (Fsp3) is 0.122. The van der Waals surface area contributed by atoms with Crippen LogP contribution in [0.4, 0.5) is 0 Å². The third-order valence-corrected chi connectivity index (χ3v) is 9.80. The van der Waals surface area contributed by atoms with Crippen LogP contribution in [-0.4, -0.2) is 14.5 Å². The summed E-state index contributed by atoms with van der Waals surface area (Å²) in [6.45, 7) is 4.66. The predicted octanol–water partition coefficient (Wildman–Crippen LogP) is 10.0. The highest BCUT2D eigenvalue weighted by Gasteiger charge is 2.48. The normalized spacial score (nSPS) is 18.5. The maximum absolute atomic E-state index is 5.68. The number of rotatable bonds is 3. The van der Waals surface area contributed by atoms with Crippen LogP contribution in [0.3, 0.4) is 0 Å². The number of allylic oxidation sites excluding steroid dienone is 4. The minimum absolute atomic E-state index is 0.144. The Bertz CT molecular complexity index is 2310. The zero-order chi connectivity index (χ0) is 29.4. The molecule has 9 rings (SSSR count). The third-order valence-electron chi connectivity index (χ3n) is 9.80. The van der Waals surface area contributed by atoms with Gasteiger partial charge in [-0.1, -0.05) is 135 Å². The summed E-state index contributed by atoms with van der Waals surface area (Å²) < 4.78 is 2.35. The van der Waals surface area contributed by atoms with E-state index in [9.17, 15) is 0 Å². The van der Waals surface area contributed by atoms with E-state index < -0.39 is 0 Å². The molecule has 5 aromatic carbocycles. The van der Waals surface area contributed by atoms with Crippen LogP contribution < -0.4 is 0 Å². The molecule has 0 bridgehead atoms. The molecule has 2 atom stereocenters. The van der Waals surface area contributed by atoms with Crippen LogP contribution in [-0.2, 0) is 5.41 Å². The van der Waals surface area contributed by atoms with Gasteiger partial charge in [0.25, 0.3) is 0 Å². The van der Waals surface area contributed by atoms with Crippen molar-refractivity contribution in [3.63, 3.8) is 0 Å². The minimum atomic E-state index is -0.165. The summed E-state index contributed by atoms with van der Waals surface area (Å²) in [4.78, 5) is 11.3. The molecule has 0 saturated heterocycles. The molecule has 3 heteroatoms. The third kappa shape index (κ3) is 3.62. The molecule has 2 aromatic heterocycles. The van der Waals surface area contributed by atoms with E-state index in [4.69, 9.17) is 9.97 Å². The molecule has 2 heterocycles. The van der Waals surface area contributed by atoms with Crippen molar-refractivity contribution in [2.75, 3.05) is 0 Å². The van der Waals surface area contributed by atoms with E-state index in [1.54, 1.807) is 0 Å². The van der Waals surface area contributed by atoms with Crippen molar-refractivity contribution >= 4 is 38.2 Å². The first-order chi connectivity index (χ1) is 21.6. The van der Waals surface area contributed by atoms with Crippen LogP contribution in [0.2, 0.25) is 0 Å². The van der Waals surface area contributed by atoms with Crippen LogP contribution in [0.5, 0.6) is 0 Å². The Morgan fingerprint density at radius 2 is 1.30 bits per heavy atom. The molecule has 0 radical (unpaired) electrons. The lowest BCUT2D eigenvalue weighted by molar-refractivity contribution is 0.388. The second-order valence-corrected chi connectivity index (χ2v) is 12.7. The lowest BCUT2D eigenvalue weighted by Gasteiger charge is -2.29. The number of para-hydroxylation sites is 1. The van der Waals surface area contributed by atoms with Crippen molar-refractivity contribution in [1.29, 1.82) is 0 Å². The van der Waals surface area contributed by atoms with Gasteiger partial charge in [-0.25, -0.2) is 9.97 Å². The van der Waals surface area contributed by atoms with Crippen molar-refractivity contribution in [2.24, 2.45) is 5.92 Å². The Balaban J connectivity index is 1.37. The summed E-state index contributed by atoms with van der Waals surface area (Å²) in [5, 5.41) is 4.90. The molecular formula is C41H31N3. The summed E-state index contributed by atoms with van der Waals surface area (Å²) in [6, 6.07) is 43.2. The highest BCUT2D eigenvalue weighted by Crippen LogP contribution is 2.54. The van der Waals surface area contributed by atoms with Gasteiger partial charge >= 0.3 is 0 Å². The molecule has 2 aliphatic carbocycles. The van der Waals surface area contributed by atoms with Crippen LogP contribution in [0.15, 0.2) is 140 Å². The molecule has 7 aromatic rings. The quantitative estimate of drug-likeness (QED) is 0.213. The van der Waals surface area contributed by atoms with Gasteiger partial charge in [0.1, 0.15) is 5.69 Å². The topological polar surface area (TPSA) is 30.7 Å². The van der Waals surface area contributed by atoms with Crippen LogP contribution in [0.1, 0.15) is 36.7 Å². The number of benzene rings is 5. The van der Waals surface area contributed by atoms with Crippen LogP contribution >= 0.6 is 0 Å². The lowest BCUT2D eigenvalue weighted by atomic mass is 9.74. The van der Waals surface area contributed by atoms with Gasteiger partial charge in [-0.2, -0.15) is 0 Å². The molecule has 0 spiro atoms. The van der Waals surface area contributed by atoms with Crippen molar-refractivity contribution in [2.45, 2.75) is 25.2 Å². The Morgan fingerprint density at radius 1 is 0.636 bits per heavy atom. The smallest absolute Gasteiger partial charge is 0.164 e. The van der Waals surface area contributed by atoms with E-state index >= 15 is 0 Å². The van der Waals surface area contributed by atoms with Gasteiger partial charge in [0.2, 0.25) is 0 Å². The van der Waals surface area contributed by atoms with Crippen LogP contribution in [0, 0.1) is 5.92 Å². The maximum atomic E-state index is 5.68. The molecule has 2 unspecified atom stereocenters. The first-order valence-corrected chi connectivity index (χ1v) is 15.4. The van der Waals surface area contributed by atoms with Gasteiger partial charge in [0.15, 0.2) is 5.82 Å². The standard InChI is InChI=1S/C41H31N3/c1-41(2)34-22-21-30(26-13-5-3-6-14-26)24-33(34)38-39(41)42-37(27-15-7-4-8-16-27)40(43-38)44-35-20-12-11-19-31(35)32-23-28-17-9-10-18-29(28)25-36(32)44/h3-25,33-34H,1-2H3. The highest BCUT2D eigenvalue weighted by atomic mass is 15.1. The average molecular weight is 566 g/mol. The minimum Gasteiger partial charge on any atom is -0.292 e. The van der Waals surface area contributed by atoms with Crippen LogP contribution in [0.25, 0.3) is 55.2 Å². The lowest BCUT2D eigenvalue weighted by Crippen LogP contribution is -2.26. The summed E-state index contributed by atoms with van der Waals surface area (Å²) >= 11 is 0. The fourth-order valence-corrected chi connectivity index (χ4v) is 7.57.